The zero-order valence-electron chi connectivity index (χ0n) is 13.1. The summed E-state index contributed by atoms with van der Waals surface area (Å²) >= 11 is 0. The Labute approximate surface area is 124 Å². The van der Waals surface area contributed by atoms with Gasteiger partial charge in [0, 0.05) is 12.6 Å². The highest BCUT2D eigenvalue weighted by Gasteiger charge is 2.21. The molecular weight excluding hydrogens is 244 g/mol. The summed E-state index contributed by atoms with van der Waals surface area (Å²) in [4.78, 5) is 2.63. The molecule has 0 spiro atoms. The second-order valence-electron chi connectivity index (χ2n) is 6.42. The first-order chi connectivity index (χ1) is 9.70. The molecule has 0 aromatic heterocycles. The van der Waals surface area contributed by atoms with Gasteiger partial charge in [-0.1, -0.05) is 50.6 Å². The van der Waals surface area contributed by atoms with Crippen molar-refractivity contribution in [2.24, 2.45) is 17.6 Å². The van der Waals surface area contributed by atoms with Crippen LogP contribution in [0.3, 0.4) is 0 Å². The van der Waals surface area contributed by atoms with Crippen LogP contribution in [0.4, 0.5) is 0 Å². The summed E-state index contributed by atoms with van der Waals surface area (Å²) in [6.45, 7) is 8.26. The first-order valence-electron chi connectivity index (χ1n) is 8.23. The molecule has 1 aliphatic rings. The van der Waals surface area contributed by atoms with Crippen LogP contribution in [0.5, 0.6) is 0 Å². The minimum Gasteiger partial charge on any atom is -0.324 e. The average Bonchev–Trinajstić information content (AvgIpc) is 2.72. The summed E-state index contributed by atoms with van der Waals surface area (Å²) < 4.78 is 0. The Morgan fingerprint density at radius 1 is 1.20 bits per heavy atom. The van der Waals surface area contributed by atoms with Crippen molar-refractivity contribution in [2.75, 3.05) is 19.6 Å². The summed E-state index contributed by atoms with van der Waals surface area (Å²) in [6.07, 6.45) is 5.47. The van der Waals surface area contributed by atoms with Gasteiger partial charge in [-0.25, -0.2) is 0 Å². The topological polar surface area (TPSA) is 29.3 Å². The summed E-state index contributed by atoms with van der Waals surface area (Å²) in [5.41, 5.74) is 7.69. The summed E-state index contributed by atoms with van der Waals surface area (Å²) in [5, 5.41) is 0. The second kappa shape index (κ2) is 7.80. The van der Waals surface area contributed by atoms with E-state index >= 15 is 0 Å². The maximum absolute atomic E-state index is 6.42. The third-order valence-electron chi connectivity index (χ3n) is 4.86. The lowest BCUT2D eigenvalue weighted by Gasteiger charge is -2.28. The van der Waals surface area contributed by atoms with Crippen molar-refractivity contribution >= 4 is 0 Å². The van der Waals surface area contributed by atoms with Gasteiger partial charge in [0.15, 0.2) is 0 Å². The lowest BCUT2D eigenvalue weighted by Crippen LogP contribution is -2.34. The predicted octanol–water partition coefficient (Wildman–Crippen LogP) is 3.83. The van der Waals surface area contributed by atoms with Gasteiger partial charge < -0.3 is 10.6 Å². The van der Waals surface area contributed by atoms with Gasteiger partial charge in [0.05, 0.1) is 0 Å². The van der Waals surface area contributed by atoms with Crippen molar-refractivity contribution in [2.45, 2.75) is 45.6 Å². The van der Waals surface area contributed by atoms with E-state index in [1.54, 1.807) is 0 Å². The van der Waals surface area contributed by atoms with Crippen molar-refractivity contribution in [3.63, 3.8) is 0 Å². The Bertz CT molecular complexity index is 376. The predicted molar refractivity (Wildman–Crippen MR) is 86.6 cm³/mol. The highest BCUT2D eigenvalue weighted by atomic mass is 15.1. The molecule has 3 atom stereocenters. The Morgan fingerprint density at radius 3 is 2.65 bits per heavy atom. The molecule has 0 saturated carbocycles. The van der Waals surface area contributed by atoms with Gasteiger partial charge in [-0.2, -0.15) is 0 Å². The molecule has 112 valence electrons. The van der Waals surface area contributed by atoms with Gasteiger partial charge in [-0.05, 0) is 49.8 Å². The van der Waals surface area contributed by atoms with Gasteiger partial charge in [-0.3, -0.25) is 0 Å². The number of nitrogens with two attached hydrogens (primary N) is 1. The third kappa shape index (κ3) is 4.32. The van der Waals surface area contributed by atoms with E-state index in [0.717, 1.165) is 12.5 Å². The molecule has 0 amide bonds. The summed E-state index contributed by atoms with van der Waals surface area (Å²) in [7, 11) is 0. The van der Waals surface area contributed by atoms with E-state index in [0.29, 0.717) is 5.92 Å². The fourth-order valence-electron chi connectivity index (χ4n) is 3.34. The maximum Gasteiger partial charge on any atom is 0.0333 e. The zero-order chi connectivity index (χ0) is 14.4. The quantitative estimate of drug-likeness (QED) is 0.884. The van der Waals surface area contributed by atoms with E-state index in [1.807, 2.05) is 0 Å². The molecule has 1 aromatic carbocycles. The molecule has 1 aliphatic heterocycles. The lowest BCUT2D eigenvalue weighted by atomic mass is 9.95. The van der Waals surface area contributed by atoms with Gasteiger partial charge in [0.1, 0.15) is 0 Å². The summed E-state index contributed by atoms with van der Waals surface area (Å²) in [5.74, 6) is 1.45. The standard InChI is InChI=1S/C18H30N2/c1-3-16-8-7-12-20(13-11-16)14-15(2)18(19)17-9-5-4-6-10-17/h4-6,9-10,15-16,18H,3,7-8,11-14,19H2,1-2H3. The van der Waals surface area contributed by atoms with E-state index in [2.05, 4.69) is 49.1 Å². The van der Waals surface area contributed by atoms with Crippen molar-refractivity contribution in [3.05, 3.63) is 35.9 Å². The Balaban J connectivity index is 1.86. The van der Waals surface area contributed by atoms with Crippen LogP contribution < -0.4 is 5.73 Å². The van der Waals surface area contributed by atoms with Crippen molar-refractivity contribution in [3.8, 4) is 0 Å². The lowest BCUT2D eigenvalue weighted by molar-refractivity contribution is 0.227. The smallest absolute Gasteiger partial charge is 0.0333 e. The molecule has 1 aromatic rings. The zero-order valence-corrected chi connectivity index (χ0v) is 13.1. The second-order valence-corrected chi connectivity index (χ2v) is 6.42. The van der Waals surface area contributed by atoms with Gasteiger partial charge in [0.2, 0.25) is 0 Å². The molecule has 1 saturated heterocycles. The first-order valence-corrected chi connectivity index (χ1v) is 8.23. The number of likely N-dealkylation sites (tertiary alicyclic amines) is 1. The molecule has 3 unspecified atom stereocenters. The number of nitrogens with zero attached hydrogens (tertiary/aromatic N) is 1. The molecule has 0 aliphatic carbocycles. The molecule has 2 nitrogen and oxygen atoms in total. The molecule has 2 heteroatoms. The van der Waals surface area contributed by atoms with E-state index in [4.69, 9.17) is 5.73 Å². The van der Waals surface area contributed by atoms with Crippen LogP contribution in [0, 0.1) is 11.8 Å². The normalized spacial score (nSPS) is 24.1. The van der Waals surface area contributed by atoms with E-state index < -0.39 is 0 Å². The molecule has 2 rings (SSSR count). The van der Waals surface area contributed by atoms with E-state index in [9.17, 15) is 0 Å². The Morgan fingerprint density at radius 2 is 1.95 bits per heavy atom. The van der Waals surface area contributed by atoms with E-state index in [-0.39, 0.29) is 6.04 Å². The average molecular weight is 274 g/mol. The van der Waals surface area contributed by atoms with Crippen molar-refractivity contribution in [1.29, 1.82) is 0 Å². The van der Waals surface area contributed by atoms with Crippen molar-refractivity contribution < 1.29 is 0 Å². The summed E-state index contributed by atoms with van der Waals surface area (Å²) in [6, 6.07) is 10.7. The van der Waals surface area contributed by atoms with Crippen LogP contribution in [-0.4, -0.2) is 24.5 Å². The molecule has 1 fully saturated rings. The molecule has 0 radical (unpaired) electrons. The Kier molecular flexibility index (Phi) is 6.06. The van der Waals surface area contributed by atoms with Crippen LogP contribution in [-0.2, 0) is 0 Å². The van der Waals surface area contributed by atoms with E-state index in [1.165, 1.54) is 44.3 Å². The fraction of sp³-hybridized carbons (Fsp3) is 0.667. The minimum atomic E-state index is 0.154. The van der Waals surface area contributed by atoms with Crippen molar-refractivity contribution in [1.82, 2.24) is 4.90 Å². The highest BCUT2D eigenvalue weighted by Crippen LogP contribution is 2.24. The maximum atomic E-state index is 6.42. The third-order valence-corrected chi connectivity index (χ3v) is 4.86. The molecule has 2 N–H and O–H groups in total. The molecule has 20 heavy (non-hydrogen) atoms. The first kappa shape index (κ1) is 15.5. The van der Waals surface area contributed by atoms with Gasteiger partial charge in [-0.15, -0.1) is 0 Å². The number of rotatable bonds is 5. The van der Waals surface area contributed by atoms with Gasteiger partial charge >= 0.3 is 0 Å². The van der Waals surface area contributed by atoms with Crippen LogP contribution in [0.1, 0.15) is 51.1 Å². The molecule has 1 heterocycles. The van der Waals surface area contributed by atoms with Crippen LogP contribution in [0.25, 0.3) is 0 Å². The highest BCUT2D eigenvalue weighted by molar-refractivity contribution is 5.19. The van der Waals surface area contributed by atoms with Gasteiger partial charge in [0.25, 0.3) is 0 Å². The number of hydrogen-bond acceptors (Lipinski definition) is 2. The van der Waals surface area contributed by atoms with Crippen LogP contribution in [0.2, 0.25) is 0 Å². The number of benzene rings is 1. The Hall–Kier alpha value is -0.860. The SMILES string of the molecule is CCC1CCCN(CC(C)C(N)c2ccccc2)CC1. The molecular formula is C18H30N2. The fourth-order valence-corrected chi connectivity index (χ4v) is 3.34. The number of hydrogen-bond donors (Lipinski definition) is 1. The van der Waals surface area contributed by atoms with Crippen LogP contribution in [0.15, 0.2) is 30.3 Å². The monoisotopic (exact) mass is 274 g/mol. The minimum absolute atomic E-state index is 0.154. The largest absolute Gasteiger partial charge is 0.324 e. The van der Waals surface area contributed by atoms with Crippen LogP contribution >= 0.6 is 0 Å². The molecule has 0 bridgehead atoms.